The van der Waals surface area contributed by atoms with Gasteiger partial charge in [-0.1, -0.05) is 23.2 Å². The first-order valence-electron chi connectivity index (χ1n) is 4.33. The second-order valence-corrected chi connectivity index (χ2v) is 3.61. The van der Waals surface area contributed by atoms with Crippen LogP contribution in [0.15, 0.2) is 29.8 Å². The molecule has 0 aliphatic carbocycles. The molecule has 15 heavy (non-hydrogen) atoms. The molecule has 0 atom stereocenters. The number of carbonyl (C=O) groups is 1. The zero-order valence-electron chi connectivity index (χ0n) is 8.13. The van der Waals surface area contributed by atoms with E-state index in [4.69, 9.17) is 16.7 Å². The van der Waals surface area contributed by atoms with E-state index in [-0.39, 0.29) is 6.42 Å². The highest BCUT2D eigenvalue weighted by Gasteiger charge is 2.07. The average Bonchev–Trinajstić information content (AvgIpc) is 2.10. The van der Waals surface area contributed by atoms with E-state index in [1.54, 1.807) is 13.0 Å². The van der Waals surface area contributed by atoms with E-state index >= 15 is 0 Å². The standard InChI is InChI=1S/C11H10ClFO2/c1-7(6-11(14)15)5-8-9(12)3-2-4-10(8)13/h2-4,6H,5H2,1H3,(H,14,15)/b7-6+. The lowest BCUT2D eigenvalue weighted by Crippen LogP contribution is -1.96. The van der Waals surface area contributed by atoms with Crippen LogP contribution in [-0.2, 0) is 11.2 Å². The Morgan fingerprint density at radius 1 is 1.60 bits per heavy atom. The van der Waals surface area contributed by atoms with Crippen LogP contribution in [0.1, 0.15) is 12.5 Å². The Labute approximate surface area is 92.0 Å². The van der Waals surface area contributed by atoms with Gasteiger partial charge in [-0.2, -0.15) is 0 Å². The van der Waals surface area contributed by atoms with Crippen molar-refractivity contribution in [3.63, 3.8) is 0 Å². The topological polar surface area (TPSA) is 37.3 Å². The summed E-state index contributed by atoms with van der Waals surface area (Å²) in [6, 6.07) is 4.39. The van der Waals surface area contributed by atoms with Crippen LogP contribution < -0.4 is 0 Å². The zero-order valence-corrected chi connectivity index (χ0v) is 8.88. The van der Waals surface area contributed by atoms with Gasteiger partial charge in [-0.25, -0.2) is 9.18 Å². The molecule has 0 saturated heterocycles. The van der Waals surface area contributed by atoms with E-state index in [0.29, 0.717) is 16.2 Å². The van der Waals surface area contributed by atoms with Gasteiger partial charge in [0.05, 0.1) is 0 Å². The molecule has 0 aliphatic rings. The first kappa shape index (κ1) is 11.7. The molecule has 1 aromatic rings. The van der Waals surface area contributed by atoms with E-state index in [2.05, 4.69) is 0 Å². The highest BCUT2D eigenvalue weighted by atomic mass is 35.5. The molecule has 0 bridgehead atoms. The molecule has 0 radical (unpaired) electrons. The van der Waals surface area contributed by atoms with Gasteiger partial charge in [0.2, 0.25) is 0 Å². The highest BCUT2D eigenvalue weighted by molar-refractivity contribution is 6.31. The van der Waals surface area contributed by atoms with Gasteiger partial charge < -0.3 is 5.11 Å². The van der Waals surface area contributed by atoms with Crippen molar-refractivity contribution in [1.82, 2.24) is 0 Å². The van der Waals surface area contributed by atoms with Crippen LogP contribution in [0.3, 0.4) is 0 Å². The first-order chi connectivity index (χ1) is 7.00. The Bertz CT molecular complexity index is 393. The maximum Gasteiger partial charge on any atom is 0.328 e. The van der Waals surface area contributed by atoms with Gasteiger partial charge in [-0.05, 0) is 25.5 Å². The van der Waals surface area contributed by atoms with Crippen LogP contribution in [0.4, 0.5) is 4.39 Å². The fourth-order valence-electron chi connectivity index (χ4n) is 1.24. The highest BCUT2D eigenvalue weighted by Crippen LogP contribution is 2.21. The molecular formula is C11H10ClFO2. The van der Waals surface area contributed by atoms with Crippen molar-refractivity contribution in [2.24, 2.45) is 0 Å². The van der Waals surface area contributed by atoms with Crippen molar-refractivity contribution in [3.05, 3.63) is 46.3 Å². The minimum absolute atomic E-state index is 0.206. The molecule has 0 amide bonds. The van der Waals surface area contributed by atoms with E-state index in [1.807, 2.05) is 0 Å². The number of carboxylic acid groups (broad SMARTS) is 1. The molecule has 0 aliphatic heterocycles. The fourth-order valence-corrected chi connectivity index (χ4v) is 1.47. The number of aliphatic carboxylic acids is 1. The summed E-state index contributed by atoms with van der Waals surface area (Å²) >= 11 is 5.80. The van der Waals surface area contributed by atoms with Crippen LogP contribution in [-0.4, -0.2) is 11.1 Å². The summed E-state index contributed by atoms with van der Waals surface area (Å²) in [6.45, 7) is 1.62. The molecule has 0 heterocycles. The number of hydrogen-bond donors (Lipinski definition) is 1. The normalized spacial score (nSPS) is 11.5. The van der Waals surface area contributed by atoms with Crippen molar-refractivity contribution in [2.45, 2.75) is 13.3 Å². The second kappa shape index (κ2) is 4.94. The summed E-state index contributed by atoms with van der Waals surface area (Å²) < 4.78 is 13.3. The maximum absolute atomic E-state index is 13.3. The number of allylic oxidation sites excluding steroid dienone is 1. The smallest absolute Gasteiger partial charge is 0.328 e. The number of halogens is 2. The number of rotatable bonds is 3. The Morgan fingerprint density at radius 3 is 2.80 bits per heavy atom. The summed E-state index contributed by atoms with van der Waals surface area (Å²) in [5.41, 5.74) is 0.878. The number of carboxylic acids is 1. The number of benzene rings is 1. The van der Waals surface area contributed by atoms with E-state index < -0.39 is 11.8 Å². The molecular weight excluding hydrogens is 219 g/mol. The van der Waals surface area contributed by atoms with Crippen LogP contribution in [0.5, 0.6) is 0 Å². The first-order valence-corrected chi connectivity index (χ1v) is 4.71. The molecule has 4 heteroatoms. The largest absolute Gasteiger partial charge is 0.478 e. The third-order valence-electron chi connectivity index (χ3n) is 1.89. The van der Waals surface area contributed by atoms with Gasteiger partial charge in [-0.3, -0.25) is 0 Å². The minimum atomic E-state index is -1.04. The van der Waals surface area contributed by atoms with Gasteiger partial charge in [0, 0.05) is 16.7 Å². The molecule has 0 aromatic heterocycles. The summed E-state index contributed by atoms with van der Waals surface area (Å²) in [6.07, 6.45) is 1.25. The Hall–Kier alpha value is -1.35. The SMILES string of the molecule is C/C(=C\C(=O)O)Cc1c(F)cccc1Cl. The van der Waals surface area contributed by atoms with Crippen molar-refractivity contribution in [2.75, 3.05) is 0 Å². The summed E-state index contributed by atoms with van der Waals surface area (Å²) in [5, 5.41) is 8.81. The average molecular weight is 229 g/mol. The van der Waals surface area contributed by atoms with E-state index in [1.165, 1.54) is 12.1 Å². The Balaban J connectivity index is 2.94. The molecule has 0 saturated carbocycles. The van der Waals surface area contributed by atoms with Gasteiger partial charge >= 0.3 is 5.97 Å². The lowest BCUT2D eigenvalue weighted by molar-refractivity contribution is -0.131. The van der Waals surface area contributed by atoms with E-state index in [9.17, 15) is 9.18 Å². The molecule has 1 N–H and O–H groups in total. The number of hydrogen-bond acceptors (Lipinski definition) is 1. The Morgan fingerprint density at radius 2 is 2.27 bits per heavy atom. The minimum Gasteiger partial charge on any atom is -0.478 e. The van der Waals surface area contributed by atoms with Crippen molar-refractivity contribution >= 4 is 17.6 Å². The summed E-state index contributed by atoms with van der Waals surface area (Å²) in [5.74, 6) is -1.46. The zero-order chi connectivity index (χ0) is 11.4. The lowest BCUT2D eigenvalue weighted by atomic mass is 10.1. The summed E-state index contributed by atoms with van der Waals surface area (Å²) in [4.78, 5) is 10.4. The monoisotopic (exact) mass is 228 g/mol. The van der Waals surface area contributed by atoms with Gasteiger partial charge in [0.25, 0.3) is 0 Å². The van der Waals surface area contributed by atoms with Crippen molar-refractivity contribution in [3.8, 4) is 0 Å². The predicted molar refractivity (Wildman–Crippen MR) is 56.5 cm³/mol. The molecule has 2 nitrogen and oxygen atoms in total. The molecule has 1 aromatic carbocycles. The van der Waals surface area contributed by atoms with E-state index in [0.717, 1.165) is 6.08 Å². The predicted octanol–water partition coefficient (Wildman–Crippen LogP) is 3.05. The summed E-state index contributed by atoms with van der Waals surface area (Å²) in [7, 11) is 0. The van der Waals surface area contributed by atoms with Crippen molar-refractivity contribution in [1.29, 1.82) is 0 Å². The Kier molecular flexibility index (Phi) is 3.86. The quantitative estimate of drug-likeness (QED) is 0.808. The van der Waals surface area contributed by atoms with Gasteiger partial charge in [0.1, 0.15) is 5.82 Å². The third-order valence-corrected chi connectivity index (χ3v) is 2.24. The molecule has 1 rings (SSSR count). The fraction of sp³-hybridized carbons (Fsp3) is 0.182. The third kappa shape index (κ3) is 3.36. The molecule has 0 unspecified atom stereocenters. The molecule has 80 valence electrons. The second-order valence-electron chi connectivity index (χ2n) is 3.21. The van der Waals surface area contributed by atoms with Gasteiger partial charge in [-0.15, -0.1) is 0 Å². The van der Waals surface area contributed by atoms with Crippen LogP contribution in [0.25, 0.3) is 0 Å². The van der Waals surface area contributed by atoms with Gasteiger partial charge in [0.15, 0.2) is 0 Å². The maximum atomic E-state index is 13.3. The van der Waals surface area contributed by atoms with Crippen LogP contribution in [0, 0.1) is 5.82 Å². The van der Waals surface area contributed by atoms with Crippen LogP contribution >= 0.6 is 11.6 Å². The lowest BCUT2D eigenvalue weighted by Gasteiger charge is -2.05. The van der Waals surface area contributed by atoms with Crippen LogP contribution in [0.2, 0.25) is 5.02 Å². The van der Waals surface area contributed by atoms with Crippen molar-refractivity contribution < 1.29 is 14.3 Å². The molecule has 0 spiro atoms. The molecule has 0 fully saturated rings.